The van der Waals surface area contributed by atoms with Crippen LogP contribution in [0.5, 0.6) is 0 Å². The van der Waals surface area contributed by atoms with E-state index in [1.807, 2.05) is 19.1 Å². The fraction of sp³-hybridized carbons (Fsp3) is 0.250. The molecule has 0 saturated heterocycles. The van der Waals surface area contributed by atoms with E-state index >= 15 is 0 Å². The zero-order valence-electron chi connectivity index (χ0n) is 6.22. The molecule has 0 aliphatic carbocycles. The minimum absolute atomic E-state index is 0.305. The Morgan fingerprint density at radius 3 is 2.18 bits per heavy atom. The van der Waals surface area contributed by atoms with Gasteiger partial charge in [0.05, 0.1) is 6.54 Å². The second-order valence-corrected chi connectivity index (χ2v) is 2.45. The molecule has 0 bridgehead atoms. The molecule has 0 saturated carbocycles. The van der Waals surface area contributed by atoms with Crippen molar-refractivity contribution in [3.8, 4) is 0 Å². The number of hydrogen-bond acceptors (Lipinski definition) is 1. The largest absolute Gasteiger partial charge is 0.101 e. The van der Waals surface area contributed by atoms with Crippen molar-refractivity contribution in [2.24, 2.45) is 0 Å². The first-order valence-corrected chi connectivity index (χ1v) is 3.33. The van der Waals surface area contributed by atoms with Gasteiger partial charge in [-0.1, -0.05) is 29.8 Å². The summed E-state index contributed by atoms with van der Waals surface area (Å²) in [7, 11) is 0. The molecule has 60 valence electrons. The lowest BCUT2D eigenvalue weighted by atomic mass is 10.2. The Bertz CT molecular complexity index is 218. The lowest BCUT2D eigenvalue weighted by Crippen LogP contribution is -1.99. The van der Waals surface area contributed by atoms with E-state index in [9.17, 15) is 8.96 Å². The van der Waals surface area contributed by atoms with E-state index in [2.05, 4.69) is 0 Å². The number of halogens is 2. The number of aryl methyl sites for hydroxylation is 1. The van der Waals surface area contributed by atoms with Crippen molar-refractivity contribution >= 4 is 0 Å². The van der Waals surface area contributed by atoms with Crippen LogP contribution in [0.2, 0.25) is 0 Å². The first kappa shape index (κ1) is 8.14. The molecule has 0 amide bonds. The molecule has 0 aliphatic heterocycles. The summed E-state index contributed by atoms with van der Waals surface area (Å²) in [6.07, 6.45) is 0. The Morgan fingerprint density at radius 1 is 1.18 bits per heavy atom. The van der Waals surface area contributed by atoms with Crippen LogP contribution >= 0.6 is 0 Å². The maximum absolute atomic E-state index is 11.7. The highest BCUT2D eigenvalue weighted by Crippen LogP contribution is 2.06. The normalized spacial score (nSPS) is 10.5. The Morgan fingerprint density at radius 2 is 1.73 bits per heavy atom. The fourth-order valence-corrected chi connectivity index (χ4v) is 0.832. The molecule has 1 rings (SSSR count). The van der Waals surface area contributed by atoms with Crippen LogP contribution in [0.1, 0.15) is 11.1 Å². The van der Waals surface area contributed by atoms with E-state index in [1.165, 1.54) is 0 Å². The van der Waals surface area contributed by atoms with Crippen LogP contribution in [-0.4, -0.2) is 5.34 Å². The van der Waals surface area contributed by atoms with Crippen molar-refractivity contribution in [3.63, 3.8) is 0 Å². The Balaban J connectivity index is 2.66. The summed E-state index contributed by atoms with van der Waals surface area (Å²) < 4.78 is 23.3. The minimum Gasteiger partial charge on any atom is -0.101 e. The van der Waals surface area contributed by atoms with E-state index in [1.54, 1.807) is 12.1 Å². The molecule has 0 aromatic heterocycles. The maximum Gasteiger partial charge on any atom is 0.0870 e. The van der Waals surface area contributed by atoms with Gasteiger partial charge in [-0.25, -0.2) is 0 Å². The molecule has 1 aromatic carbocycles. The molecule has 1 aromatic rings. The van der Waals surface area contributed by atoms with Crippen LogP contribution in [-0.2, 0) is 6.54 Å². The Kier molecular flexibility index (Phi) is 2.54. The molecular formula is C8H9F2N. The van der Waals surface area contributed by atoms with Gasteiger partial charge in [-0.05, 0) is 12.5 Å². The lowest BCUT2D eigenvalue weighted by molar-refractivity contribution is -0.161. The maximum atomic E-state index is 11.7. The van der Waals surface area contributed by atoms with Crippen molar-refractivity contribution in [3.05, 3.63) is 35.4 Å². The summed E-state index contributed by atoms with van der Waals surface area (Å²) in [6, 6.07) is 7.03. The minimum atomic E-state index is -0.829. The summed E-state index contributed by atoms with van der Waals surface area (Å²) in [4.78, 5) is 0. The van der Waals surface area contributed by atoms with E-state index in [-0.39, 0.29) is 6.54 Å². The molecular weight excluding hydrogens is 148 g/mol. The quantitative estimate of drug-likeness (QED) is 0.596. The van der Waals surface area contributed by atoms with Gasteiger partial charge in [0.25, 0.3) is 0 Å². The zero-order valence-corrected chi connectivity index (χ0v) is 6.22. The predicted molar refractivity (Wildman–Crippen MR) is 38.9 cm³/mol. The number of rotatable bonds is 2. The zero-order chi connectivity index (χ0) is 8.27. The fourth-order valence-electron chi connectivity index (χ4n) is 0.832. The van der Waals surface area contributed by atoms with E-state index in [0.717, 1.165) is 5.56 Å². The second-order valence-electron chi connectivity index (χ2n) is 2.45. The van der Waals surface area contributed by atoms with Gasteiger partial charge >= 0.3 is 0 Å². The van der Waals surface area contributed by atoms with Crippen molar-refractivity contribution < 1.29 is 8.96 Å². The molecule has 0 atom stereocenters. The first-order valence-electron chi connectivity index (χ1n) is 3.33. The monoisotopic (exact) mass is 157 g/mol. The van der Waals surface area contributed by atoms with Crippen LogP contribution in [0.3, 0.4) is 0 Å². The number of hydrogen-bond donors (Lipinski definition) is 0. The van der Waals surface area contributed by atoms with Gasteiger partial charge < -0.3 is 0 Å². The highest BCUT2D eigenvalue weighted by molar-refractivity contribution is 5.20. The van der Waals surface area contributed by atoms with Gasteiger partial charge in [-0.3, -0.25) is 0 Å². The third-order valence-electron chi connectivity index (χ3n) is 1.42. The van der Waals surface area contributed by atoms with E-state index in [0.29, 0.717) is 5.56 Å². The second kappa shape index (κ2) is 3.44. The van der Waals surface area contributed by atoms with Crippen LogP contribution < -0.4 is 0 Å². The summed E-state index contributed by atoms with van der Waals surface area (Å²) in [5.41, 5.74) is 1.71. The van der Waals surface area contributed by atoms with Gasteiger partial charge in [0, 0.05) is 5.34 Å². The van der Waals surface area contributed by atoms with Crippen molar-refractivity contribution in [1.82, 2.24) is 5.34 Å². The lowest BCUT2D eigenvalue weighted by Gasteiger charge is -2.00. The molecule has 0 spiro atoms. The average molecular weight is 157 g/mol. The van der Waals surface area contributed by atoms with Crippen LogP contribution in [0.25, 0.3) is 0 Å². The number of benzene rings is 1. The van der Waals surface area contributed by atoms with E-state index in [4.69, 9.17) is 0 Å². The molecule has 3 heteroatoms. The number of nitrogens with zero attached hydrogens (tertiary/aromatic N) is 1. The summed E-state index contributed by atoms with van der Waals surface area (Å²) in [5, 5.41) is -0.829. The van der Waals surface area contributed by atoms with Crippen LogP contribution in [0, 0.1) is 6.92 Å². The molecule has 0 unspecified atom stereocenters. The first-order chi connectivity index (χ1) is 5.18. The third-order valence-corrected chi connectivity index (χ3v) is 1.42. The molecule has 0 radical (unpaired) electrons. The molecule has 0 fully saturated rings. The molecule has 0 heterocycles. The predicted octanol–water partition coefficient (Wildman–Crippen LogP) is 2.57. The average Bonchev–Trinajstić information content (AvgIpc) is 1.93. The van der Waals surface area contributed by atoms with Gasteiger partial charge in [0.2, 0.25) is 0 Å². The van der Waals surface area contributed by atoms with Crippen molar-refractivity contribution in [1.29, 1.82) is 0 Å². The van der Waals surface area contributed by atoms with Crippen LogP contribution in [0.15, 0.2) is 24.3 Å². The van der Waals surface area contributed by atoms with Gasteiger partial charge in [0.1, 0.15) is 0 Å². The van der Waals surface area contributed by atoms with E-state index < -0.39 is 5.34 Å². The summed E-state index contributed by atoms with van der Waals surface area (Å²) >= 11 is 0. The smallest absolute Gasteiger partial charge is 0.0870 e. The Hall–Kier alpha value is -0.960. The van der Waals surface area contributed by atoms with Gasteiger partial charge in [-0.2, -0.15) is 0 Å². The van der Waals surface area contributed by atoms with Crippen molar-refractivity contribution in [2.75, 3.05) is 0 Å². The molecule has 1 nitrogen and oxygen atoms in total. The van der Waals surface area contributed by atoms with Crippen molar-refractivity contribution in [2.45, 2.75) is 13.5 Å². The highest BCUT2D eigenvalue weighted by atomic mass is 19.4. The standard InChI is InChI=1S/C8H9F2N/c1-7-2-4-8(5-3-7)6-11(9)10/h2-5H,6H2,1H3. The summed E-state index contributed by atoms with van der Waals surface area (Å²) in [6.45, 7) is 1.62. The Labute approximate surface area is 64.1 Å². The SMILES string of the molecule is Cc1ccc(CN(F)F)cc1. The molecule has 0 aliphatic rings. The topological polar surface area (TPSA) is 3.24 Å². The molecule has 0 N–H and O–H groups in total. The summed E-state index contributed by atoms with van der Waals surface area (Å²) in [5.74, 6) is 0. The van der Waals surface area contributed by atoms with Crippen LogP contribution in [0.4, 0.5) is 8.96 Å². The molecule has 11 heavy (non-hydrogen) atoms. The van der Waals surface area contributed by atoms with Gasteiger partial charge in [0.15, 0.2) is 0 Å². The highest BCUT2D eigenvalue weighted by Gasteiger charge is 1.99. The van der Waals surface area contributed by atoms with Gasteiger partial charge in [-0.15, -0.1) is 8.96 Å². The third kappa shape index (κ3) is 2.63.